The molecule has 10 heteroatoms. The largest absolute Gasteiger partial charge is 0.454 e. The Labute approximate surface area is 181 Å². The summed E-state index contributed by atoms with van der Waals surface area (Å²) in [6.07, 6.45) is 3.11. The van der Waals surface area contributed by atoms with Gasteiger partial charge in [-0.3, -0.25) is 13.8 Å². The van der Waals surface area contributed by atoms with Crippen LogP contribution in [0.3, 0.4) is 0 Å². The van der Waals surface area contributed by atoms with Gasteiger partial charge in [0, 0.05) is 7.05 Å². The van der Waals surface area contributed by atoms with Crippen LogP contribution < -0.4 is 5.56 Å². The highest BCUT2D eigenvalue weighted by molar-refractivity contribution is 5.89. The molecule has 0 spiro atoms. The quantitative estimate of drug-likeness (QED) is 0.393. The first-order valence-electron chi connectivity index (χ1n) is 9.93. The lowest BCUT2D eigenvalue weighted by atomic mass is 10.1. The highest BCUT2D eigenvalue weighted by atomic mass is 16.5. The molecule has 0 N–H and O–H groups in total. The third-order valence-electron chi connectivity index (χ3n) is 5.27. The Balaban J connectivity index is 1.39. The van der Waals surface area contributed by atoms with Gasteiger partial charge in [0.2, 0.25) is 5.78 Å². The lowest BCUT2D eigenvalue weighted by Gasteiger charge is -2.09. The molecule has 0 unspecified atom stereocenters. The molecule has 5 aromatic rings. The van der Waals surface area contributed by atoms with E-state index in [-0.39, 0.29) is 12.2 Å². The van der Waals surface area contributed by atoms with Crippen molar-refractivity contribution in [2.45, 2.75) is 20.1 Å². The summed E-state index contributed by atoms with van der Waals surface area (Å²) in [5.41, 5.74) is 2.90. The third-order valence-corrected chi connectivity index (χ3v) is 5.27. The molecule has 3 heterocycles. The number of rotatable bonds is 5. The molecule has 0 aliphatic rings. The van der Waals surface area contributed by atoms with E-state index in [2.05, 4.69) is 20.3 Å². The SMILES string of the molecule is Cc1ccc2c(c1)c(=O)n(C)c1nnc(COC(=O)c3ccc(Cn4cncn4)cc3)n21. The molecule has 5 rings (SSSR count). The van der Waals surface area contributed by atoms with Crippen molar-refractivity contribution in [3.8, 4) is 0 Å². The fourth-order valence-corrected chi connectivity index (χ4v) is 3.61. The normalized spacial score (nSPS) is 11.3. The van der Waals surface area contributed by atoms with E-state index >= 15 is 0 Å². The maximum atomic E-state index is 12.7. The molecule has 0 aliphatic carbocycles. The number of benzene rings is 2. The minimum Gasteiger partial charge on any atom is -0.454 e. The Morgan fingerprint density at radius 2 is 1.91 bits per heavy atom. The zero-order chi connectivity index (χ0) is 22.2. The van der Waals surface area contributed by atoms with Crippen LogP contribution in [0.25, 0.3) is 16.7 Å². The Morgan fingerprint density at radius 3 is 2.66 bits per heavy atom. The molecule has 0 radical (unpaired) electrons. The minimum atomic E-state index is -0.473. The van der Waals surface area contributed by atoms with Gasteiger partial charge in [0.05, 0.1) is 23.0 Å². The lowest BCUT2D eigenvalue weighted by Crippen LogP contribution is -2.20. The standard InChI is InChI=1S/C22H19N7O3/c1-14-3-8-18-17(9-14)20(30)27(2)22-26-25-19(29(18)22)11-32-21(31)16-6-4-15(5-7-16)10-28-13-23-12-24-28/h3-9,12-13H,10-11H2,1-2H3. The maximum absolute atomic E-state index is 12.7. The molecule has 0 bridgehead atoms. The zero-order valence-electron chi connectivity index (χ0n) is 17.5. The lowest BCUT2D eigenvalue weighted by molar-refractivity contribution is 0.0461. The van der Waals surface area contributed by atoms with Gasteiger partial charge in [-0.05, 0) is 36.8 Å². The highest BCUT2D eigenvalue weighted by Gasteiger charge is 2.16. The molecule has 0 aliphatic heterocycles. The molecule has 32 heavy (non-hydrogen) atoms. The second-order valence-corrected chi connectivity index (χ2v) is 7.50. The molecule has 0 atom stereocenters. The first-order chi connectivity index (χ1) is 15.5. The van der Waals surface area contributed by atoms with E-state index in [4.69, 9.17) is 4.74 Å². The molecule has 3 aromatic heterocycles. The maximum Gasteiger partial charge on any atom is 0.338 e. The van der Waals surface area contributed by atoms with Gasteiger partial charge >= 0.3 is 5.97 Å². The molecule has 160 valence electrons. The summed E-state index contributed by atoms with van der Waals surface area (Å²) < 4.78 is 10.4. The average molecular weight is 429 g/mol. The predicted octanol–water partition coefficient (Wildman–Crippen LogP) is 1.89. The fourth-order valence-electron chi connectivity index (χ4n) is 3.61. The van der Waals surface area contributed by atoms with Crippen LogP contribution >= 0.6 is 0 Å². The monoisotopic (exact) mass is 429 g/mol. The number of hydrogen-bond donors (Lipinski definition) is 0. The zero-order valence-corrected chi connectivity index (χ0v) is 17.5. The molecule has 0 saturated carbocycles. The van der Waals surface area contributed by atoms with Crippen molar-refractivity contribution in [3.05, 3.63) is 88.0 Å². The Bertz CT molecular complexity index is 1500. The molecule has 2 aromatic carbocycles. The van der Waals surface area contributed by atoms with Gasteiger partial charge < -0.3 is 4.74 Å². The molecule has 0 amide bonds. The smallest absolute Gasteiger partial charge is 0.338 e. The van der Waals surface area contributed by atoms with Crippen LogP contribution in [-0.4, -0.2) is 39.9 Å². The number of carbonyl (C=O) groups excluding carboxylic acids is 1. The van der Waals surface area contributed by atoms with Gasteiger partial charge in [0.1, 0.15) is 12.7 Å². The summed E-state index contributed by atoms with van der Waals surface area (Å²) in [5.74, 6) is 0.342. The van der Waals surface area contributed by atoms with E-state index in [0.29, 0.717) is 34.6 Å². The first kappa shape index (κ1) is 19.6. The third kappa shape index (κ3) is 3.41. The number of hydrogen-bond acceptors (Lipinski definition) is 7. The number of fused-ring (bicyclic) bond motifs is 3. The fraction of sp³-hybridized carbons (Fsp3) is 0.182. The molecule has 0 fully saturated rings. The van der Waals surface area contributed by atoms with Crippen LogP contribution in [0.1, 0.15) is 27.3 Å². The summed E-state index contributed by atoms with van der Waals surface area (Å²) in [6.45, 7) is 2.41. The second-order valence-electron chi connectivity index (χ2n) is 7.50. The average Bonchev–Trinajstić information content (AvgIpc) is 3.46. The van der Waals surface area contributed by atoms with Crippen molar-refractivity contribution in [2.75, 3.05) is 0 Å². The van der Waals surface area contributed by atoms with E-state index in [1.54, 1.807) is 34.6 Å². The van der Waals surface area contributed by atoms with Gasteiger partial charge in [-0.15, -0.1) is 10.2 Å². The van der Waals surface area contributed by atoms with E-state index in [1.165, 1.54) is 10.9 Å². The van der Waals surface area contributed by atoms with Crippen LogP contribution in [0.5, 0.6) is 0 Å². The Morgan fingerprint density at radius 1 is 1.09 bits per heavy atom. The van der Waals surface area contributed by atoms with Crippen molar-refractivity contribution in [1.82, 2.24) is 33.9 Å². The van der Waals surface area contributed by atoms with E-state index in [9.17, 15) is 9.59 Å². The molecule has 0 saturated heterocycles. The van der Waals surface area contributed by atoms with Crippen molar-refractivity contribution >= 4 is 22.6 Å². The number of nitrogens with zero attached hydrogens (tertiary/aromatic N) is 7. The summed E-state index contributed by atoms with van der Waals surface area (Å²) in [6, 6.07) is 12.7. The number of aryl methyl sites for hydroxylation is 2. The number of aromatic nitrogens is 7. The minimum absolute atomic E-state index is 0.0815. The topological polar surface area (TPSA) is 109 Å². The summed E-state index contributed by atoms with van der Waals surface area (Å²) >= 11 is 0. The van der Waals surface area contributed by atoms with Gasteiger partial charge in [0.25, 0.3) is 5.56 Å². The summed E-state index contributed by atoms with van der Waals surface area (Å²) in [5, 5.41) is 12.9. The van der Waals surface area contributed by atoms with Gasteiger partial charge in [-0.1, -0.05) is 23.8 Å². The number of esters is 1. The first-order valence-corrected chi connectivity index (χ1v) is 9.93. The van der Waals surface area contributed by atoms with Crippen LogP contribution in [-0.2, 0) is 24.9 Å². The molecule has 10 nitrogen and oxygen atoms in total. The Hall–Kier alpha value is -4.34. The van der Waals surface area contributed by atoms with Crippen LogP contribution in [0, 0.1) is 6.92 Å². The number of carbonyl (C=O) groups is 1. The van der Waals surface area contributed by atoms with Crippen LogP contribution in [0.2, 0.25) is 0 Å². The van der Waals surface area contributed by atoms with Crippen molar-refractivity contribution in [1.29, 1.82) is 0 Å². The van der Waals surface area contributed by atoms with E-state index in [1.807, 2.05) is 37.3 Å². The van der Waals surface area contributed by atoms with Crippen molar-refractivity contribution in [2.24, 2.45) is 7.05 Å². The van der Waals surface area contributed by atoms with Crippen LogP contribution in [0.4, 0.5) is 0 Å². The molecular weight excluding hydrogens is 410 g/mol. The van der Waals surface area contributed by atoms with Gasteiger partial charge in [0.15, 0.2) is 12.4 Å². The van der Waals surface area contributed by atoms with Gasteiger partial charge in [-0.25, -0.2) is 14.5 Å². The van der Waals surface area contributed by atoms with E-state index < -0.39 is 5.97 Å². The summed E-state index contributed by atoms with van der Waals surface area (Å²) in [4.78, 5) is 29.2. The van der Waals surface area contributed by atoms with Crippen molar-refractivity contribution < 1.29 is 9.53 Å². The number of ether oxygens (including phenoxy) is 1. The highest BCUT2D eigenvalue weighted by Crippen LogP contribution is 2.17. The van der Waals surface area contributed by atoms with Gasteiger partial charge in [-0.2, -0.15) is 5.10 Å². The summed E-state index contributed by atoms with van der Waals surface area (Å²) in [7, 11) is 1.64. The molecular formula is C22H19N7O3. The van der Waals surface area contributed by atoms with Crippen molar-refractivity contribution in [3.63, 3.8) is 0 Å². The predicted molar refractivity (Wildman–Crippen MR) is 115 cm³/mol. The van der Waals surface area contributed by atoms with E-state index in [0.717, 1.165) is 11.1 Å². The van der Waals surface area contributed by atoms with Crippen LogP contribution in [0.15, 0.2) is 59.9 Å². The second kappa shape index (κ2) is 7.73. The Kier molecular flexibility index (Phi) is 4.74.